The Morgan fingerprint density at radius 1 is 1.24 bits per heavy atom. The van der Waals surface area contributed by atoms with Crippen LogP contribution in [0.15, 0.2) is 24.3 Å². The molecule has 0 saturated heterocycles. The van der Waals surface area contributed by atoms with E-state index < -0.39 is 5.97 Å². The van der Waals surface area contributed by atoms with Crippen molar-refractivity contribution >= 4 is 17.6 Å². The van der Waals surface area contributed by atoms with E-state index in [0.29, 0.717) is 24.6 Å². The molecule has 0 aliphatic rings. The van der Waals surface area contributed by atoms with Crippen LogP contribution >= 0.6 is 0 Å². The van der Waals surface area contributed by atoms with Crippen LogP contribution in [-0.4, -0.2) is 30.1 Å². The molecule has 1 aromatic rings. The third-order valence-corrected chi connectivity index (χ3v) is 2.88. The number of rotatable bonds is 8. The minimum absolute atomic E-state index is 0.0721. The van der Waals surface area contributed by atoms with Gasteiger partial charge in [0.2, 0.25) is 5.91 Å². The minimum Gasteiger partial charge on any atom is -0.493 e. The molecule has 0 fully saturated rings. The van der Waals surface area contributed by atoms with Crippen molar-refractivity contribution in [3.8, 4) is 5.75 Å². The predicted octanol–water partition coefficient (Wildman–Crippen LogP) is 2.94. The first-order valence-corrected chi connectivity index (χ1v) is 7.19. The van der Waals surface area contributed by atoms with Crippen molar-refractivity contribution in [3.63, 3.8) is 0 Å². The number of carbonyl (C=O) groups is 2. The Morgan fingerprint density at radius 2 is 1.86 bits per heavy atom. The van der Waals surface area contributed by atoms with Crippen molar-refractivity contribution < 1.29 is 19.4 Å². The van der Waals surface area contributed by atoms with Gasteiger partial charge in [0.15, 0.2) is 0 Å². The number of amides is 1. The molecule has 1 amide bonds. The molecule has 0 heterocycles. The predicted molar refractivity (Wildman–Crippen MR) is 81.7 cm³/mol. The first-order chi connectivity index (χ1) is 9.93. The van der Waals surface area contributed by atoms with Crippen molar-refractivity contribution in [3.05, 3.63) is 24.3 Å². The lowest BCUT2D eigenvalue weighted by molar-refractivity contribution is -0.136. The Kier molecular flexibility index (Phi) is 6.72. The minimum atomic E-state index is -0.916. The lowest BCUT2D eigenvalue weighted by Gasteiger charge is -2.22. The van der Waals surface area contributed by atoms with Gasteiger partial charge in [0.1, 0.15) is 5.75 Å². The summed E-state index contributed by atoms with van der Waals surface area (Å²) in [5.74, 6) is 0.181. The van der Waals surface area contributed by atoms with Crippen molar-refractivity contribution in [2.45, 2.75) is 33.6 Å². The standard InChI is InChI=1S/C16H23NO4/c1-4-15(18)17(10-9-16(19)20)13-5-7-14(8-6-13)21-11-12(2)3/h5-8,12H,4,9-11H2,1-3H3,(H,19,20). The highest BCUT2D eigenvalue weighted by atomic mass is 16.5. The number of nitrogens with zero attached hydrogens (tertiary/aromatic N) is 1. The van der Waals surface area contributed by atoms with Crippen LogP contribution in [0, 0.1) is 5.92 Å². The largest absolute Gasteiger partial charge is 0.493 e. The van der Waals surface area contributed by atoms with Crippen molar-refractivity contribution in [2.24, 2.45) is 5.92 Å². The third kappa shape index (κ3) is 5.85. The summed E-state index contributed by atoms with van der Waals surface area (Å²) in [7, 11) is 0. The highest BCUT2D eigenvalue weighted by molar-refractivity contribution is 5.93. The monoisotopic (exact) mass is 293 g/mol. The lowest BCUT2D eigenvalue weighted by Crippen LogP contribution is -2.32. The summed E-state index contributed by atoms with van der Waals surface area (Å²) in [5.41, 5.74) is 0.694. The van der Waals surface area contributed by atoms with Gasteiger partial charge in [-0.1, -0.05) is 20.8 Å². The van der Waals surface area contributed by atoms with E-state index in [1.54, 1.807) is 31.2 Å². The van der Waals surface area contributed by atoms with Gasteiger partial charge >= 0.3 is 5.97 Å². The van der Waals surface area contributed by atoms with Crippen LogP contribution in [0.3, 0.4) is 0 Å². The maximum Gasteiger partial charge on any atom is 0.305 e. The molecule has 0 bridgehead atoms. The molecular weight excluding hydrogens is 270 g/mol. The van der Waals surface area contributed by atoms with E-state index in [4.69, 9.17) is 9.84 Å². The second-order valence-electron chi connectivity index (χ2n) is 5.24. The second kappa shape index (κ2) is 8.29. The molecule has 1 N–H and O–H groups in total. The number of hydrogen-bond acceptors (Lipinski definition) is 3. The first kappa shape index (κ1) is 17.0. The molecule has 5 heteroatoms. The van der Waals surface area contributed by atoms with E-state index in [9.17, 15) is 9.59 Å². The first-order valence-electron chi connectivity index (χ1n) is 7.19. The van der Waals surface area contributed by atoms with Gasteiger partial charge in [-0.2, -0.15) is 0 Å². The fourth-order valence-electron chi connectivity index (χ4n) is 1.78. The molecule has 0 saturated carbocycles. The van der Waals surface area contributed by atoms with Crippen molar-refractivity contribution in [1.29, 1.82) is 0 Å². The summed E-state index contributed by atoms with van der Waals surface area (Å²) in [5, 5.41) is 8.77. The summed E-state index contributed by atoms with van der Waals surface area (Å²) >= 11 is 0. The average molecular weight is 293 g/mol. The Labute approximate surface area is 125 Å². The maximum absolute atomic E-state index is 11.9. The molecule has 0 aliphatic heterocycles. The average Bonchev–Trinajstić information content (AvgIpc) is 2.45. The van der Waals surface area contributed by atoms with Crippen molar-refractivity contribution in [1.82, 2.24) is 0 Å². The van der Waals surface area contributed by atoms with Crippen LogP contribution in [0.4, 0.5) is 5.69 Å². The number of anilines is 1. The van der Waals surface area contributed by atoms with Gasteiger partial charge in [0.25, 0.3) is 0 Å². The number of carboxylic acid groups (broad SMARTS) is 1. The maximum atomic E-state index is 11.9. The molecule has 21 heavy (non-hydrogen) atoms. The zero-order chi connectivity index (χ0) is 15.8. The number of hydrogen-bond donors (Lipinski definition) is 1. The van der Waals surface area contributed by atoms with E-state index in [2.05, 4.69) is 13.8 Å². The molecule has 0 unspecified atom stereocenters. The zero-order valence-corrected chi connectivity index (χ0v) is 12.8. The SMILES string of the molecule is CCC(=O)N(CCC(=O)O)c1ccc(OCC(C)C)cc1. The fraction of sp³-hybridized carbons (Fsp3) is 0.500. The van der Waals surface area contributed by atoms with Gasteiger partial charge in [0, 0.05) is 18.7 Å². The second-order valence-corrected chi connectivity index (χ2v) is 5.24. The van der Waals surface area contributed by atoms with Crippen LogP contribution in [-0.2, 0) is 9.59 Å². The van der Waals surface area contributed by atoms with Gasteiger partial charge in [-0.3, -0.25) is 9.59 Å². The molecule has 1 rings (SSSR count). The van der Waals surface area contributed by atoms with E-state index in [1.165, 1.54) is 4.90 Å². The summed E-state index contributed by atoms with van der Waals surface area (Å²) in [6.07, 6.45) is 0.266. The summed E-state index contributed by atoms with van der Waals surface area (Å²) in [4.78, 5) is 24.1. The molecule has 5 nitrogen and oxygen atoms in total. The molecule has 0 radical (unpaired) electrons. The van der Waals surface area contributed by atoms with E-state index in [0.717, 1.165) is 5.75 Å². The van der Waals surface area contributed by atoms with Crippen LogP contribution in [0.2, 0.25) is 0 Å². The number of aliphatic carboxylic acids is 1. The number of carboxylic acids is 1. The van der Waals surface area contributed by atoms with Crippen molar-refractivity contribution in [2.75, 3.05) is 18.1 Å². The molecule has 0 atom stereocenters. The van der Waals surface area contributed by atoms with E-state index in [-0.39, 0.29) is 18.9 Å². The van der Waals surface area contributed by atoms with E-state index >= 15 is 0 Å². The highest BCUT2D eigenvalue weighted by Gasteiger charge is 2.15. The molecule has 0 aromatic heterocycles. The van der Waals surface area contributed by atoms with Gasteiger partial charge in [-0.05, 0) is 30.2 Å². The summed E-state index contributed by atoms with van der Waals surface area (Å²) in [6, 6.07) is 7.17. The van der Waals surface area contributed by atoms with Gasteiger partial charge in [0.05, 0.1) is 13.0 Å². The summed E-state index contributed by atoms with van der Waals surface area (Å²) in [6.45, 7) is 6.71. The van der Waals surface area contributed by atoms with E-state index in [1.807, 2.05) is 0 Å². The Balaban J connectivity index is 2.78. The number of carbonyl (C=O) groups excluding carboxylic acids is 1. The topological polar surface area (TPSA) is 66.8 Å². The fourth-order valence-corrected chi connectivity index (χ4v) is 1.78. The Morgan fingerprint density at radius 3 is 2.33 bits per heavy atom. The lowest BCUT2D eigenvalue weighted by atomic mass is 10.2. The van der Waals surface area contributed by atoms with Gasteiger partial charge in [-0.25, -0.2) is 0 Å². The quantitative estimate of drug-likeness (QED) is 0.800. The molecule has 1 aromatic carbocycles. The highest BCUT2D eigenvalue weighted by Crippen LogP contribution is 2.21. The molecule has 0 aliphatic carbocycles. The number of ether oxygens (including phenoxy) is 1. The zero-order valence-electron chi connectivity index (χ0n) is 12.8. The van der Waals surface area contributed by atoms with Gasteiger partial charge < -0.3 is 14.7 Å². The van der Waals surface area contributed by atoms with Gasteiger partial charge in [-0.15, -0.1) is 0 Å². The Hall–Kier alpha value is -2.04. The van der Waals surface area contributed by atoms with Crippen LogP contribution in [0.25, 0.3) is 0 Å². The summed E-state index contributed by atoms with van der Waals surface area (Å²) < 4.78 is 5.59. The van der Waals surface area contributed by atoms with Crippen LogP contribution in [0.5, 0.6) is 5.75 Å². The Bertz CT molecular complexity index is 468. The third-order valence-electron chi connectivity index (χ3n) is 2.88. The molecule has 0 spiro atoms. The normalized spacial score (nSPS) is 10.5. The van der Waals surface area contributed by atoms with Crippen LogP contribution < -0.4 is 9.64 Å². The molecule has 116 valence electrons. The smallest absolute Gasteiger partial charge is 0.305 e. The number of benzene rings is 1. The molecular formula is C16H23NO4. The van der Waals surface area contributed by atoms with Crippen LogP contribution in [0.1, 0.15) is 33.6 Å².